The average molecular weight is 498 g/mol. The van der Waals surface area contributed by atoms with Crippen molar-refractivity contribution in [2.45, 2.75) is 25.8 Å². The number of ketones is 1. The molecule has 6 nitrogen and oxygen atoms in total. The highest BCUT2D eigenvalue weighted by Crippen LogP contribution is 2.38. The normalized spacial score (nSPS) is 15.5. The lowest BCUT2D eigenvalue weighted by Crippen LogP contribution is -2.33. The Morgan fingerprint density at radius 3 is 2.27 bits per heavy atom. The summed E-state index contributed by atoms with van der Waals surface area (Å²) in [6, 6.07) is 22.2. The number of benzene rings is 3. The molecule has 0 fully saturated rings. The number of ether oxygens (including phenoxy) is 2. The molecule has 190 valence electrons. The SMILES string of the molecule is CCc1ccc(C2C(C(=O)/C=C/c3ccccc3)=C(O)C(=O)N2CCc2ccc(OC)c(OC)c2)cc1. The number of hydrogen-bond acceptors (Lipinski definition) is 5. The van der Waals surface area contributed by atoms with E-state index in [2.05, 4.69) is 6.92 Å². The highest BCUT2D eigenvalue weighted by Gasteiger charge is 2.42. The van der Waals surface area contributed by atoms with Crippen LogP contribution >= 0.6 is 0 Å². The highest BCUT2D eigenvalue weighted by atomic mass is 16.5. The Kier molecular flexibility index (Phi) is 8.08. The van der Waals surface area contributed by atoms with Gasteiger partial charge in [-0.15, -0.1) is 0 Å². The molecule has 3 aromatic rings. The summed E-state index contributed by atoms with van der Waals surface area (Å²) < 4.78 is 10.7. The van der Waals surface area contributed by atoms with E-state index in [9.17, 15) is 14.7 Å². The van der Waals surface area contributed by atoms with Gasteiger partial charge in [-0.3, -0.25) is 9.59 Å². The van der Waals surface area contributed by atoms with Crippen LogP contribution in [0.3, 0.4) is 0 Å². The van der Waals surface area contributed by atoms with Gasteiger partial charge in [0.25, 0.3) is 5.91 Å². The van der Waals surface area contributed by atoms with Crippen LogP contribution in [0.15, 0.2) is 90.2 Å². The average Bonchev–Trinajstić information content (AvgIpc) is 3.20. The van der Waals surface area contributed by atoms with Gasteiger partial charge in [0.15, 0.2) is 23.0 Å². The van der Waals surface area contributed by atoms with Gasteiger partial charge in [0.05, 0.1) is 25.8 Å². The lowest BCUT2D eigenvalue weighted by atomic mass is 9.94. The van der Waals surface area contributed by atoms with Gasteiger partial charge < -0.3 is 19.5 Å². The number of allylic oxidation sites excluding steroid dienone is 1. The van der Waals surface area contributed by atoms with Crippen molar-refractivity contribution in [3.63, 3.8) is 0 Å². The van der Waals surface area contributed by atoms with E-state index in [0.717, 1.165) is 28.7 Å². The van der Waals surface area contributed by atoms with E-state index in [-0.39, 0.29) is 5.57 Å². The summed E-state index contributed by atoms with van der Waals surface area (Å²) in [5.41, 5.74) is 3.81. The van der Waals surface area contributed by atoms with Gasteiger partial charge in [-0.1, -0.05) is 73.7 Å². The molecule has 6 heteroatoms. The van der Waals surface area contributed by atoms with Crippen molar-refractivity contribution in [1.29, 1.82) is 0 Å². The molecule has 1 aliphatic heterocycles. The van der Waals surface area contributed by atoms with Crippen LogP contribution < -0.4 is 9.47 Å². The van der Waals surface area contributed by atoms with Gasteiger partial charge in [-0.25, -0.2) is 0 Å². The van der Waals surface area contributed by atoms with Crippen molar-refractivity contribution < 1.29 is 24.2 Å². The molecule has 1 heterocycles. The first-order valence-corrected chi connectivity index (χ1v) is 12.3. The second-order valence-electron chi connectivity index (χ2n) is 8.81. The first kappa shape index (κ1) is 25.8. The molecule has 0 bridgehead atoms. The number of carbonyl (C=O) groups excluding carboxylic acids is 2. The van der Waals surface area contributed by atoms with Crippen LogP contribution in [-0.2, 0) is 22.4 Å². The lowest BCUT2D eigenvalue weighted by molar-refractivity contribution is -0.129. The fourth-order valence-corrected chi connectivity index (χ4v) is 4.53. The Morgan fingerprint density at radius 1 is 0.946 bits per heavy atom. The number of rotatable bonds is 10. The summed E-state index contributed by atoms with van der Waals surface area (Å²) in [6.07, 6.45) is 4.49. The Balaban J connectivity index is 1.65. The van der Waals surface area contributed by atoms with Crippen molar-refractivity contribution in [3.05, 3.63) is 112 Å². The summed E-state index contributed by atoms with van der Waals surface area (Å²) in [7, 11) is 3.15. The molecule has 0 saturated carbocycles. The number of nitrogens with zero attached hydrogens (tertiary/aromatic N) is 1. The molecule has 4 rings (SSSR count). The van der Waals surface area contributed by atoms with Gasteiger partial charge in [0.1, 0.15) is 0 Å². The van der Waals surface area contributed by atoms with E-state index >= 15 is 0 Å². The molecule has 1 N–H and O–H groups in total. The number of hydrogen-bond donors (Lipinski definition) is 1. The molecule has 0 radical (unpaired) electrons. The molecule has 0 aromatic heterocycles. The standard InChI is InChI=1S/C31H31NO5/c1-4-21-10-14-24(15-11-21)29-28(25(33)16-12-22-8-6-5-7-9-22)30(34)31(35)32(29)19-18-23-13-17-26(36-2)27(20-23)37-3/h5-17,20,29,34H,4,18-19H2,1-3H3/b16-12+. The summed E-state index contributed by atoms with van der Waals surface area (Å²) in [5.74, 6) is -0.230. The minimum atomic E-state index is -0.688. The first-order valence-electron chi connectivity index (χ1n) is 12.3. The maximum atomic E-state index is 13.3. The summed E-state index contributed by atoms with van der Waals surface area (Å²) in [4.78, 5) is 28.2. The lowest BCUT2D eigenvalue weighted by Gasteiger charge is -2.27. The molecule has 1 unspecified atom stereocenters. The van der Waals surface area contributed by atoms with E-state index < -0.39 is 23.5 Å². The predicted molar refractivity (Wildman–Crippen MR) is 144 cm³/mol. The largest absolute Gasteiger partial charge is 0.503 e. The second kappa shape index (κ2) is 11.6. The minimum Gasteiger partial charge on any atom is -0.503 e. The predicted octanol–water partition coefficient (Wildman–Crippen LogP) is 5.49. The first-order chi connectivity index (χ1) is 18.0. The molecular formula is C31H31NO5. The van der Waals surface area contributed by atoms with Gasteiger partial charge in [-0.2, -0.15) is 0 Å². The molecular weight excluding hydrogens is 466 g/mol. The number of aliphatic hydroxyl groups excluding tert-OH is 1. The van der Waals surface area contributed by atoms with E-state index in [1.165, 1.54) is 6.08 Å². The van der Waals surface area contributed by atoms with Gasteiger partial charge >= 0.3 is 0 Å². The smallest absolute Gasteiger partial charge is 0.290 e. The van der Waals surface area contributed by atoms with Crippen LogP contribution in [-0.4, -0.2) is 42.5 Å². The Bertz CT molecular complexity index is 1330. The molecule has 0 saturated heterocycles. The van der Waals surface area contributed by atoms with E-state index in [4.69, 9.17) is 9.47 Å². The summed E-state index contributed by atoms with van der Waals surface area (Å²) in [5, 5.41) is 10.9. The van der Waals surface area contributed by atoms with Crippen molar-refractivity contribution in [2.24, 2.45) is 0 Å². The maximum absolute atomic E-state index is 13.3. The topological polar surface area (TPSA) is 76.1 Å². The molecule has 1 aliphatic rings. The van der Waals surface area contributed by atoms with Crippen LogP contribution in [0, 0.1) is 0 Å². The Labute approximate surface area is 217 Å². The van der Waals surface area contributed by atoms with Gasteiger partial charge in [0, 0.05) is 6.54 Å². The number of aryl methyl sites for hydroxylation is 1. The Morgan fingerprint density at radius 2 is 1.62 bits per heavy atom. The monoisotopic (exact) mass is 497 g/mol. The van der Waals surface area contributed by atoms with Gasteiger partial charge in [0.2, 0.25) is 0 Å². The Hall–Kier alpha value is -4.32. The van der Waals surface area contributed by atoms with Crippen LogP contribution in [0.5, 0.6) is 11.5 Å². The van der Waals surface area contributed by atoms with Crippen molar-refractivity contribution in [2.75, 3.05) is 20.8 Å². The number of carbonyl (C=O) groups is 2. The third-order valence-electron chi connectivity index (χ3n) is 6.59. The van der Waals surface area contributed by atoms with Crippen molar-refractivity contribution in [1.82, 2.24) is 4.90 Å². The second-order valence-corrected chi connectivity index (χ2v) is 8.81. The third-order valence-corrected chi connectivity index (χ3v) is 6.59. The van der Waals surface area contributed by atoms with Crippen LogP contribution in [0.25, 0.3) is 6.08 Å². The third kappa shape index (κ3) is 5.59. The summed E-state index contributed by atoms with van der Waals surface area (Å²) in [6.45, 7) is 2.37. The van der Waals surface area contributed by atoms with Crippen molar-refractivity contribution in [3.8, 4) is 11.5 Å². The zero-order chi connectivity index (χ0) is 26.4. The van der Waals surface area contributed by atoms with Crippen LogP contribution in [0.2, 0.25) is 0 Å². The quantitative estimate of drug-likeness (QED) is 0.375. The number of aliphatic hydroxyl groups is 1. The number of amides is 1. The van der Waals surface area contributed by atoms with Crippen LogP contribution in [0.4, 0.5) is 0 Å². The minimum absolute atomic E-state index is 0.0914. The van der Waals surface area contributed by atoms with Gasteiger partial charge in [-0.05, 0) is 53.3 Å². The van der Waals surface area contributed by atoms with Crippen LogP contribution in [0.1, 0.15) is 35.2 Å². The summed E-state index contributed by atoms with van der Waals surface area (Å²) >= 11 is 0. The van der Waals surface area contributed by atoms with E-state index in [1.54, 1.807) is 25.2 Å². The fourth-order valence-electron chi connectivity index (χ4n) is 4.53. The fraction of sp³-hybridized carbons (Fsp3) is 0.226. The highest BCUT2D eigenvalue weighted by molar-refractivity contribution is 6.14. The molecule has 0 spiro atoms. The molecule has 1 amide bonds. The molecule has 1 atom stereocenters. The molecule has 0 aliphatic carbocycles. The zero-order valence-corrected chi connectivity index (χ0v) is 21.3. The number of methoxy groups -OCH3 is 2. The maximum Gasteiger partial charge on any atom is 0.290 e. The van der Waals surface area contributed by atoms with E-state index in [1.807, 2.05) is 72.8 Å². The van der Waals surface area contributed by atoms with Crippen molar-refractivity contribution >= 4 is 17.8 Å². The van der Waals surface area contributed by atoms with E-state index in [0.29, 0.717) is 24.5 Å². The molecule has 3 aromatic carbocycles. The zero-order valence-electron chi connectivity index (χ0n) is 21.3. The molecule has 37 heavy (non-hydrogen) atoms.